The number of allylic oxidation sites excluding steroid dienone is 2. The van der Waals surface area contributed by atoms with Gasteiger partial charge in [0.25, 0.3) is 5.69 Å². The Balaban J connectivity index is 2.24. The first-order valence-corrected chi connectivity index (χ1v) is 10.5. The molecule has 1 aliphatic carbocycles. The van der Waals surface area contributed by atoms with Gasteiger partial charge in [0.1, 0.15) is 12.8 Å². The Hall–Kier alpha value is -3.23. The van der Waals surface area contributed by atoms with Gasteiger partial charge in [-0.25, -0.2) is 14.0 Å². The smallest absolute Gasteiger partial charge is 0.337 e. The first-order chi connectivity index (χ1) is 15.2. The molecular weight excluding hydrogens is 419 g/mol. The number of carbonyl (C=O) groups excluding carboxylic acids is 2. The molecule has 2 aliphatic rings. The van der Waals surface area contributed by atoms with Crippen LogP contribution in [0.1, 0.15) is 49.7 Å². The molecular formula is C23H27FN2O6. The maximum Gasteiger partial charge on any atom is 0.337 e. The van der Waals surface area contributed by atoms with Crippen LogP contribution in [0.2, 0.25) is 0 Å². The van der Waals surface area contributed by atoms with E-state index in [2.05, 4.69) is 0 Å². The number of hydrogen-bond donors (Lipinski definition) is 0. The first-order valence-electron chi connectivity index (χ1n) is 10.5. The van der Waals surface area contributed by atoms with E-state index in [1.54, 1.807) is 27.0 Å². The van der Waals surface area contributed by atoms with Crippen molar-refractivity contribution < 1.29 is 28.4 Å². The number of nitro benzene ring substituents is 1. The second-order valence-electron chi connectivity index (χ2n) is 8.04. The predicted molar refractivity (Wildman–Crippen MR) is 114 cm³/mol. The number of alkyl halides is 1. The highest BCUT2D eigenvalue weighted by molar-refractivity contribution is 6.00. The maximum atomic E-state index is 14.1. The Bertz CT molecular complexity index is 1010. The SMILES string of the molecule is COC(=O)C1=C(CF)N(C)C(C)=C(C(=O)OC2CCCC2)C1c1cccc([N+](=O)[O-])c1C. The molecule has 0 saturated heterocycles. The summed E-state index contributed by atoms with van der Waals surface area (Å²) in [4.78, 5) is 38.7. The number of halogens is 1. The molecule has 0 radical (unpaired) electrons. The van der Waals surface area contributed by atoms with Crippen LogP contribution in [0.5, 0.6) is 0 Å². The number of esters is 2. The zero-order valence-electron chi connectivity index (χ0n) is 18.6. The fourth-order valence-electron chi connectivity index (χ4n) is 4.54. The molecule has 0 aromatic heterocycles. The lowest BCUT2D eigenvalue weighted by Gasteiger charge is -2.36. The van der Waals surface area contributed by atoms with Crippen LogP contribution in [-0.4, -0.2) is 48.7 Å². The fourth-order valence-corrected chi connectivity index (χ4v) is 4.54. The average Bonchev–Trinajstić information content (AvgIpc) is 3.27. The van der Waals surface area contributed by atoms with Crippen molar-refractivity contribution in [3.63, 3.8) is 0 Å². The second-order valence-corrected chi connectivity index (χ2v) is 8.04. The summed E-state index contributed by atoms with van der Waals surface area (Å²) in [7, 11) is 2.73. The third kappa shape index (κ3) is 4.11. The standard InChI is InChI=1S/C23H27FN2O6/c1-13-16(10-7-11-17(13)26(29)30)20-19(23(28)32-15-8-5-6-9-15)14(2)25(3)18(12-24)21(20)22(27)31-4/h7,10-11,15,20H,5-6,8-9,12H2,1-4H3. The lowest BCUT2D eigenvalue weighted by molar-refractivity contribution is -0.385. The lowest BCUT2D eigenvalue weighted by atomic mass is 9.78. The van der Waals surface area contributed by atoms with Crippen LogP contribution in [0.4, 0.5) is 10.1 Å². The number of nitrogens with zero attached hydrogens (tertiary/aromatic N) is 2. The number of methoxy groups -OCH3 is 1. The third-order valence-electron chi connectivity index (χ3n) is 6.37. The van der Waals surface area contributed by atoms with Crippen LogP contribution in [0.3, 0.4) is 0 Å². The quantitative estimate of drug-likeness (QED) is 0.369. The molecule has 0 amide bonds. The van der Waals surface area contributed by atoms with E-state index in [9.17, 15) is 24.1 Å². The Kier molecular flexibility index (Phi) is 6.96. The van der Waals surface area contributed by atoms with E-state index < -0.39 is 29.5 Å². The van der Waals surface area contributed by atoms with Gasteiger partial charge in [-0.2, -0.15) is 0 Å². The predicted octanol–water partition coefficient (Wildman–Crippen LogP) is 4.09. The van der Waals surface area contributed by atoms with Crippen molar-refractivity contribution in [2.75, 3.05) is 20.8 Å². The summed E-state index contributed by atoms with van der Waals surface area (Å²) < 4.78 is 24.8. The van der Waals surface area contributed by atoms with Gasteiger partial charge in [-0.1, -0.05) is 12.1 Å². The van der Waals surface area contributed by atoms with E-state index in [0.717, 1.165) is 25.7 Å². The molecule has 1 aromatic rings. The highest BCUT2D eigenvalue weighted by Crippen LogP contribution is 2.45. The highest BCUT2D eigenvalue weighted by atomic mass is 19.1. The Morgan fingerprint density at radius 1 is 1.19 bits per heavy atom. The van der Waals surface area contributed by atoms with Crippen molar-refractivity contribution in [3.8, 4) is 0 Å². The normalized spacial score (nSPS) is 19.4. The van der Waals surface area contributed by atoms with Crippen LogP contribution in [0.15, 0.2) is 40.7 Å². The largest absolute Gasteiger partial charge is 0.466 e. The van der Waals surface area contributed by atoms with Crippen molar-refractivity contribution in [3.05, 3.63) is 62.0 Å². The van der Waals surface area contributed by atoms with E-state index in [-0.39, 0.29) is 34.2 Å². The molecule has 0 N–H and O–H groups in total. The molecule has 1 aromatic carbocycles. The Labute approximate surface area is 185 Å². The van der Waals surface area contributed by atoms with Gasteiger partial charge < -0.3 is 14.4 Å². The van der Waals surface area contributed by atoms with Crippen molar-refractivity contribution in [1.82, 2.24) is 4.90 Å². The van der Waals surface area contributed by atoms with Gasteiger partial charge in [-0.05, 0) is 45.1 Å². The Morgan fingerprint density at radius 2 is 1.84 bits per heavy atom. The molecule has 32 heavy (non-hydrogen) atoms. The number of rotatable bonds is 6. The summed E-state index contributed by atoms with van der Waals surface area (Å²) in [6.07, 6.45) is 3.20. The van der Waals surface area contributed by atoms with Gasteiger partial charge in [0.05, 0.1) is 34.8 Å². The van der Waals surface area contributed by atoms with Crippen LogP contribution in [0, 0.1) is 17.0 Å². The summed E-state index contributed by atoms with van der Waals surface area (Å²) in [5.41, 5.74) is 1.04. The number of hydrogen-bond acceptors (Lipinski definition) is 7. The molecule has 0 spiro atoms. The molecule has 1 heterocycles. The number of carbonyl (C=O) groups is 2. The van der Waals surface area contributed by atoms with Crippen molar-refractivity contribution in [1.29, 1.82) is 0 Å². The van der Waals surface area contributed by atoms with E-state index in [4.69, 9.17) is 9.47 Å². The molecule has 172 valence electrons. The molecule has 1 unspecified atom stereocenters. The molecule has 1 aliphatic heterocycles. The maximum absolute atomic E-state index is 14.1. The number of ether oxygens (including phenoxy) is 2. The van der Waals surface area contributed by atoms with Gasteiger partial charge in [-0.15, -0.1) is 0 Å². The highest BCUT2D eigenvalue weighted by Gasteiger charge is 2.42. The van der Waals surface area contributed by atoms with Crippen LogP contribution >= 0.6 is 0 Å². The Morgan fingerprint density at radius 3 is 2.41 bits per heavy atom. The van der Waals surface area contributed by atoms with E-state index in [1.165, 1.54) is 24.1 Å². The first kappa shape index (κ1) is 23.4. The van der Waals surface area contributed by atoms with Gasteiger partial charge in [0.15, 0.2) is 0 Å². The van der Waals surface area contributed by atoms with Gasteiger partial charge >= 0.3 is 11.9 Å². The van der Waals surface area contributed by atoms with Crippen LogP contribution in [0.25, 0.3) is 0 Å². The van der Waals surface area contributed by atoms with E-state index in [0.29, 0.717) is 11.3 Å². The van der Waals surface area contributed by atoms with Crippen molar-refractivity contribution in [2.45, 2.75) is 51.6 Å². The molecule has 1 atom stereocenters. The molecule has 8 nitrogen and oxygen atoms in total. The zero-order chi connectivity index (χ0) is 23.6. The zero-order valence-corrected chi connectivity index (χ0v) is 18.6. The molecule has 9 heteroatoms. The second kappa shape index (κ2) is 9.50. The van der Waals surface area contributed by atoms with Crippen LogP contribution in [-0.2, 0) is 19.1 Å². The number of benzene rings is 1. The molecule has 1 saturated carbocycles. The van der Waals surface area contributed by atoms with Gasteiger partial charge in [0.2, 0.25) is 0 Å². The summed E-state index contributed by atoms with van der Waals surface area (Å²) >= 11 is 0. The summed E-state index contributed by atoms with van der Waals surface area (Å²) in [6, 6.07) is 4.43. The van der Waals surface area contributed by atoms with Gasteiger partial charge in [-0.3, -0.25) is 10.1 Å². The molecule has 1 fully saturated rings. The number of nitro groups is 1. The fraction of sp³-hybridized carbons (Fsp3) is 0.478. The monoisotopic (exact) mass is 446 g/mol. The van der Waals surface area contributed by atoms with Crippen molar-refractivity contribution >= 4 is 17.6 Å². The minimum Gasteiger partial charge on any atom is -0.466 e. The van der Waals surface area contributed by atoms with E-state index in [1.807, 2.05) is 0 Å². The topological polar surface area (TPSA) is 99.0 Å². The minimum atomic E-state index is -1.06. The average molecular weight is 446 g/mol. The van der Waals surface area contributed by atoms with Crippen LogP contribution < -0.4 is 0 Å². The summed E-state index contributed by atoms with van der Waals surface area (Å²) in [6.45, 7) is 2.22. The molecule has 3 rings (SSSR count). The lowest BCUT2D eigenvalue weighted by Crippen LogP contribution is -2.35. The summed E-state index contributed by atoms with van der Waals surface area (Å²) in [5.74, 6) is -2.48. The molecule has 0 bridgehead atoms. The third-order valence-corrected chi connectivity index (χ3v) is 6.37. The van der Waals surface area contributed by atoms with Crippen molar-refractivity contribution in [2.24, 2.45) is 0 Å². The summed E-state index contributed by atoms with van der Waals surface area (Å²) in [5, 5.41) is 11.5. The van der Waals surface area contributed by atoms with E-state index >= 15 is 0 Å². The van der Waals surface area contributed by atoms with Gasteiger partial charge in [0, 0.05) is 24.4 Å². The minimum absolute atomic E-state index is 0.0441.